The molecule has 0 unspecified atom stereocenters. The second-order valence-corrected chi connectivity index (χ2v) is 4.19. The average molecular weight is 231 g/mol. The molecule has 0 bridgehead atoms. The van der Waals surface area contributed by atoms with Crippen LogP contribution in [0.25, 0.3) is 0 Å². The van der Waals surface area contributed by atoms with Crippen LogP contribution >= 0.6 is 0 Å². The highest BCUT2D eigenvalue weighted by Gasteiger charge is 2.17. The Morgan fingerprint density at radius 1 is 1.31 bits per heavy atom. The smallest absolute Gasteiger partial charge is 0.303 e. The second-order valence-electron chi connectivity index (χ2n) is 4.19. The third-order valence-corrected chi connectivity index (χ3v) is 2.15. The van der Waals surface area contributed by atoms with Gasteiger partial charge in [-0.15, -0.1) is 0 Å². The number of nitrogens with one attached hydrogen (secondary N) is 1. The quantitative estimate of drug-likeness (QED) is 0.657. The Hall–Kier alpha value is -1.10. The van der Waals surface area contributed by atoms with Gasteiger partial charge < -0.3 is 15.2 Å². The molecule has 0 aromatic rings. The first kappa shape index (κ1) is 14.9. The van der Waals surface area contributed by atoms with Crippen molar-refractivity contribution in [1.29, 1.82) is 0 Å². The summed E-state index contributed by atoms with van der Waals surface area (Å²) in [6.07, 6.45) is 0.616. The molecule has 5 nitrogen and oxygen atoms in total. The molecule has 16 heavy (non-hydrogen) atoms. The number of rotatable bonds is 8. The Morgan fingerprint density at radius 2 is 1.94 bits per heavy atom. The van der Waals surface area contributed by atoms with Crippen molar-refractivity contribution in [2.24, 2.45) is 0 Å². The van der Waals surface area contributed by atoms with E-state index in [1.165, 1.54) is 0 Å². The van der Waals surface area contributed by atoms with Gasteiger partial charge in [0, 0.05) is 19.6 Å². The first-order chi connectivity index (χ1) is 7.37. The van der Waals surface area contributed by atoms with E-state index in [1.54, 1.807) is 0 Å². The van der Waals surface area contributed by atoms with Crippen LogP contribution in [0.4, 0.5) is 0 Å². The molecule has 5 heteroatoms. The predicted molar refractivity (Wildman–Crippen MR) is 60.2 cm³/mol. The number of carboxylic acid groups (broad SMARTS) is 1. The van der Waals surface area contributed by atoms with E-state index in [2.05, 4.69) is 5.32 Å². The molecule has 0 rings (SSSR count). The minimum Gasteiger partial charge on any atom is -0.481 e. The highest BCUT2D eigenvalue weighted by atomic mass is 16.5. The van der Waals surface area contributed by atoms with Gasteiger partial charge in [-0.05, 0) is 27.2 Å². The molecular formula is C11H21NO4. The number of hydrogen-bond donors (Lipinski definition) is 2. The summed E-state index contributed by atoms with van der Waals surface area (Å²) in [6, 6.07) is 0. The summed E-state index contributed by atoms with van der Waals surface area (Å²) in [5, 5.41) is 11.1. The van der Waals surface area contributed by atoms with E-state index in [4.69, 9.17) is 9.84 Å². The highest BCUT2D eigenvalue weighted by molar-refractivity contribution is 5.80. The van der Waals surface area contributed by atoms with E-state index in [1.807, 2.05) is 20.8 Å². The topological polar surface area (TPSA) is 75.6 Å². The largest absolute Gasteiger partial charge is 0.481 e. The van der Waals surface area contributed by atoms with Crippen molar-refractivity contribution in [2.75, 3.05) is 13.2 Å². The van der Waals surface area contributed by atoms with Crippen LogP contribution in [0.1, 0.15) is 40.0 Å². The van der Waals surface area contributed by atoms with Crippen LogP contribution in [0, 0.1) is 0 Å². The number of carboxylic acids is 1. The number of aliphatic carboxylic acids is 1. The van der Waals surface area contributed by atoms with E-state index in [0.717, 1.165) is 0 Å². The lowest BCUT2D eigenvalue weighted by Crippen LogP contribution is -2.33. The van der Waals surface area contributed by atoms with Crippen molar-refractivity contribution in [3.63, 3.8) is 0 Å². The molecule has 0 radical (unpaired) electrons. The molecule has 0 aromatic heterocycles. The van der Waals surface area contributed by atoms with Crippen LogP contribution in [-0.4, -0.2) is 35.7 Å². The minimum atomic E-state index is -0.954. The first-order valence-corrected chi connectivity index (χ1v) is 5.50. The van der Waals surface area contributed by atoms with Gasteiger partial charge in [0.2, 0.25) is 5.91 Å². The van der Waals surface area contributed by atoms with E-state index in [0.29, 0.717) is 19.6 Å². The molecule has 0 spiro atoms. The van der Waals surface area contributed by atoms with Crippen molar-refractivity contribution < 1.29 is 19.4 Å². The molecule has 0 aliphatic carbocycles. The molecule has 0 saturated carbocycles. The van der Waals surface area contributed by atoms with Crippen molar-refractivity contribution in [3.8, 4) is 0 Å². The number of carbonyl (C=O) groups is 2. The fourth-order valence-corrected chi connectivity index (χ4v) is 1.27. The first-order valence-electron chi connectivity index (χ1n) is 5.50. The van der Waals surface area contributed by atoms with Gasteiger partial charge in [0.05, 0.1) is 12.0 Å². The molecule has 0 aliphatic heterocycles. The summed E-state index contributed by atoms with van der Waals surface area (Å²) in [7, 11) is 0. The molecular weight excluding hydrogens is 210 g/mol. The van der Waals surface area contributed by atoms with Gasteiger partial charge >= 0.3 is 5.97 Å². The van der Waals surface area contributed by atoms with Crippen LogP contribution in [0.2, 0.25) is 0 Å². The van der Waals surface area contributed by atoms with Crippen molar-refractivity contribution >= 4 is 11.9 Å². The Labute approximate surface area is 96.2 Å². The molecule has 94 valence electrons. The summed E-state index contributed by atoms with van der Waals surface area (Å²) in [4.78, 5) is 21.4. The molecule has 0 fully saturated rings. The van der Waals surface area contributed by atoms with Crippen LogP contribution in [0.3, 0.4) is 0 Å². The zero-order chi connectivity index (χ0) is 12.6. The van der Waals surface area contributed by atoms with Gasteiger partial charge in [-0.3, -0.25) is 9.59 Å². The van der Waals surface area contributed by atoms with Gasteiger partial charge in [0.1, 0.15) is 0 Å². The number of ether oxygens (including phenoxy) is 1. The van der Waals surface area contributed by atoms with E-state index in [9.17, 15) is 9.59 Å². The number of carbonyl (C=O) groups excluding carboxylic acids is 1. The standard InChI is InChI=1S/C11H21NO4/c1-4-16-11(2,3)7-8-12-9(13)5-6-10(14)15/h4-8H2,1-3H3,(H,12,13)(H,14,15). The SMILES string of the molecule is CCOC(C)(C)CCNC(=O)CCC(=O)O. The third kappa shape index (κ3) is 8.23. The van der Waals surface area contributed by atoms with Crippen LogP contribution < -0.4 is 5.32 Å². The van der Waals surface area contributed by atoms with E-state index in [-0.39, 0.29) is 24.3 Å². The van der Waals surface area contributed by atoms with Gasteiger partial charge in [0.25, 0.3) is 0 Å². The average Bonchev–Trinajstić information content (AvgIpc) is 2.14. The zero-order valence-electron chi connectivity index (χ0n) is 10.2. The number of amides is 1. The lowest BCUT2D eigenvalue weighted by Gasteiger charge is -2.24. The van der Waals surface area contributed by atoms with Gasteiger partial charge in [-0.2, -0.15) is 0 Å². The summed E-state index contributed by atoms with van der Waals surface area (Å²) in [5.74, 6) is -1.18. The normalized spacial score (nSPS) is 11.2. The van der Waals surface area contributed by atoms with Crippen LogP contribution in [0.5, 0.6) is 0 Å². The predicted octanol–water partition coefficient (Wildman–Crippen LogP) is 1.17. The highest BCUT2D eigenvalue weighted by Crippen LogP contribution is 2.12. The summed E-state index contributed by atoms with van der Waals surface area (Å²) in [6.45, 7) is 6.98. The number of hydrogen-bond acceptors (Lipinski definition) is 3. The lowest BCUT2D eigenvalue weighted by molar-refractivity contribution is -0.138. The maximum atomic E-state index is 11.2. The second kappa shape index (κ2) is 7.22. The summed E-state index contributed by atoms with van der Waals surface area (Å²) in [5.41, 5.74) is -0.255. The third-order valence-electron chi connectivity index (χ3n) is 2.15. The molecule has 0 aromatic carbocycles. The Bertz CT molecular complexity index is 238. The molecule has 1 amide bonds. The van der Waals surface area contributed by atoms with E-state index < -0.39 is 5.97 Å². The maximum Gasteiger partial charge on any atom is 0.303 e. The molecule has 0 saturated heterocycles. The van der Waals surface area contributed by atoms with Crippen molar-refractivity contribution in [1.82, 2.24) is 5.32 Å². The zero-order valence-corrected chi connectivity index (χ0v) is 10.2. The minimum absolute atomic E-state index is 0.0321. The van der Waals surface area contributed by atoms with Crippen molar-refractivity contribution in [3.05, 3.63) is 0 Å². The van der Waals surface area contributed by atoms with E-state index >= 15 is 0 Å². The summed E-state index contributed by atoms with van der Waals surface area (Å²) >= 11 is 0. The van der Waals surface area contributed by atoms with Gasteiger partial charge in [-0.25, -0.2) is 0 Å². The summed E-state index contributed by atoms with van der Waals surface area (Å²) < 4.78 is 5.46. The molecule has 0 aliphatic rings. The molecule has 0 atom stereocenters. The van der Waals surface area contributed by atoms with Crippen LogP contribution in [0.15, 0.2) is 0 Å². The monoisotopic (exact) mass is 231 g/mol. The fraction of sp³-hybridized carbons (Fsp3) is 0.818. The Balaban J connectivity index is 3.65. The maximum absolute atomic E-state index is 11.2. The van der Waals surface area contributed by atoms with Crippen LogP contribution in [-0.2, 0) is 14.3 Å². The Morgan fingerprint density at radius 3 is 2.44 bits per heavy atom. The Kier molecular flexibility index (Phi) is 6.72. The van der Waals surface area contributed by atoms with Gasteiger partial charge in [-0.1, -0.05) is 0 Å². The lowest BCUT2D eigenvalue weighted by atomic mass is 10.1. The van der Waals surface area contributed by atoms with Gasteiger partial charge in [0.15, 0.2) is 0 Å². The molecule has 0 heterocycles. The molecule has 2 N–H and O–H groups in total. The fourth-order valence-electron chi connectivity index (χ4n) is 1.27. The van der Waals surface area contributed by atoms with Crippen molar-refractivity contribution in [2.45, 2.75) is 45.6 Å².